The Balaban J connectivity index is 1.39. The molecule has 0 aliphatic carbocycles. The molecule has 0 aliphatic heterocycles. The summed E-state index contributed by atoms with van der Waals surface area (Å²) in [7, 11) is 0. The maximum atomic E-state index is 12.1. The Morgan fingerprint density at radius 3 is 2.85 bits per heavy atom. The zero-order valence-electron chi connectivity index (χ0n) is 13.7. The van der Waals surface area contributed by atoms with Gasteiger partial charge in [-0.2, -0.15) is 0 Å². The third-order valence-electron chi connectivity index (χ3n) is 4.01. The summed E-state index contributed by atoms with van der Waals surface area (Å²) in [6.07, 6.45) is 1.86. The van der Waals surface area contributed by atoms with Crippen LogP contribution in [0.1, 0.15) is 5.82 Å². The topological polar surface area (TPSA) is 68.5 Å². The summed E-state index contributed by atoms with van der Waals surface area (Å²) >= 11 is 3.55. The second kappa shape index (κ2) is 7.13. The minimum Gasteiger partial charge on any atom is -0.483 e. The van der Waals surface area contributed by atoms with Gasteiger partial charge >= 0.3 is 0 Å². The molecule has 0 atom stereocenters. The van der Waals surface area contributed by atoms with Crippen LogP contribution in [0.2, 0.25) is 0 Å². The van der Waals surface area contributed by atoms with Gasteiger partial charge in [0.05, 0.1) is 11.0 Å². The number of fused-ring (bicyclic) bond motifs is 2. The quantitative estimate of drug-likeness (QED) is 0.547. The molecule has 0 radical (unpaired) electrons. The van der Waals surface area contributed by atoms with Crippen molar-refractivity contribution in [2.45, 2.75) is 6.54 Å². The summed E-state index contributed by atoms with van der Waals surface area (Å²) in [6, 6.07) is 17.4. The van der Waals surface area contributed by atoms with E-state index in [1.807, 2.05) is 65.2 Å². The molecule has 2 aromatic heterocycles. The molecule has 0 fully saturated rings. The van der Waals surface area contributed by atoms with Crippen LogP contribution in [-0.2, 0) is 11.3 Å². The molecule has 6 nitrogen and oxygen atoms in total. The number of pyridine rings is 1. The lowest BCUT2D eigenvalue weighted by Gasteiger charge is -2.10. The van der Waals surface area contributed by atoms with Gasteiger partial charge in [-0.05, 0) is 44.9 Å². The first-order valence-corrected chi connectivity index (χ1v) is 8.87. The highest BCUT2D eigenvalue weighted by Gasteiger charge is 2.10. The van der Waals surface area contributed by atoms with Gasteiger partial charge in [0.25, 0.3) is 5.91 Å². The second-order valence-electron chi connectivity index (χ2n) is 5.71. The van der Waals surface area contributed by atoms with Crippen LogP contribution in [0, 0.1) is 0 Å². The first-order valence-electron chi connectivity index (χ1n) is 8.08. The largest absolute Gasteiger partial charge is 0.483 e. The molecule has 0 unspecified atom stereocenters. The van der Waals surface area contributed by atoms with Crippen molar-refractivity contribution >= 4 is 38.3 Å². The van der Waals surface area contributed by atoms with Crippen molar-refractivity contribution in [1.82, 2.24) is 19.9 Å². The predicted molar refractivity (Wildman–Crippen MR) is 102 cm³/mol. The van der Waals surface area contributed by atoms with Crippen molar-refractivity contribution in [3.05, 3.63) is 71.1 Å². The lowest BCUT2D eigenvalue weighted by atomic mass is 10.1. The zero-order chi connectivity index (χ0) is 17.9. The number of benzene rings is 2. The molecular formula is C19H15BrN4O2. The SMILES string of the molecule is O=C(COc1ccc2ccccc2c1Br)NCc1nnc2ccccn12. The normalized spacial score (nSPS) is 11.0. The molecule has 0 spiro atoms. The van der Waals surface area contributed by atoms with E-state index in [-0.39, 0.29) is 19.1 Å². The number of aromatic nitrogens is 3. The fourth-order valence-corrected chi connectivity index (χ4v) is 3.32. The fraction of sp³-hybridized carbons (Fsp3) is 0.105. The molecule has 0 saturated carbocycles. The highest BCUT2D eigenvalue weighted by atomic mass is 79.9. The smallest absolute Gasteiger partial charge is 0.258 e. The number of carbonyl (C=O) groups excluding carboxylic acids is 1. The number of ether oxygens (including phenoxy) is 1. The third-order valence-corrected chi connectivity index (χ3v) is 4.83. The fourth-order valence-electron chi connectivity index (χ4n) is 2.71. The van der Waals surface area contributed by atoms with Gasteiger partial charge in [-0.15, -0.1) is 10.2 Å². The Morgan fingerprint density at radius 1 is 1.08 bits per heavy atom. The average molecular weight is 411 g/mol. The third kappa shape index (κ3) is 3.25. The van der Waals surface area contributed by atoms with E-state index in [1.54, 1.807) is 0 Å². The van der Waals surface area contributed by atoms with Gasteiger partial charge in [0, 0.05) is 6.20 Å². The van der Waals surface area contributed by atoms with Crippen LogP contribution in [0.25, 0.3) is 16.4 Å². The first kappa shape index (κ1) is 16.5. The molecule has 4 rings (SSSR count). The highest BCUT2D eigenvalue weighted by molar-refractivity contribution is 9.10. The van der Waals surface area contributed by atoms with E-state index in [4.69, 9.17) is 4.74 Å². The highest BCUT2D eigenvalue weighted by Crippen LogP contribution is 2.32. The summed E-state index contributed by atoms with van der Waals surface area (Å²) in [5.74, 6) is 1.07. The van der Waals surface area contributed by atoms with Crippen LogP contribution in [-0.4, -0.2) is 27.1 Å². The summed E-state index contributed by atoms with van der Waals surface area (Å²) in [5.41, 5.74) is 0.744. The number of amides is 1. The van der Waals surface area contributed by atoms with Crippen molar-refractivity contribution in [2.24, 2.45) is 0 Å². The Labute approximate surface area is 157 Å². The van der Waals surface area contributed by atoms with Gasteiger partial charge < -0.3 is 10.1 Å². The van der Waals surface area contributed by atoms with E-state index < -0.39 is 0 Å². The molecule has 1 N–H and O–H groups in total. The standard InChI is InChI=1S/C19H15BrN4O2/c20-19-14-6-2-1-5-13(14)8-9-15(19)26-12-18(25)21-11-17-23-22-16-7-3-4-10-24(16)17/h1-10H,11-12H2,(H,21,25). The van der Waals surface area contributed by atoms with Crippen molar-refractivity contribution in [2.75, 3.05) is 6.61 Å². The summed E-state index contributed by atoms with van der Waals surface area (Å²) in [4.78, 5) is 12.1. The second-order valence-corrected chi connectivity index (χ2v) is 6.50. The number of carbonyl (C=O) groups is 1. The monoisotopic (exact) mass is 410 g/mol. The van der Waals surface area contributed by atoms with E-state index in [1.165, 1.54) is 0 Å². The van der Waals surface area contributed by atoms with Crippen LogP contribution >= 0.6 is 15.9 Å². The first-order chi connectivity index (χ1) is 12.7. The van der Waals surface area contributed by atoms with Crippen LogP contribution in [0.15, 0.2) is 65.3 Å². The Hall–Kier alpha value is -2.93. The van der Waals surface area contributed by atoms with Crippen LogP contribution < -0.4 is 10.1 Å². The number of hydrogen-bond donors (Lipinski definition) is 1. The van der Waals surface area contributed by atoms with Crippen molar-refractivity contribution in [3.63, 3.8) is 0 Å². The Bertz CT molecular complexity index is 1090. The van der Waals surface area contributed by atoms with Gasteiger partial charge in [-0.3, -0.25) is 9.20 Å². The molecule has 1 amide bonds. The van der Waals surface area contributed by atoms with E-state index in [9.17, 15) is 4.79 Å². The molecule has 2 heterocycles. The van der Waals surface area contributed by atoms with E-state index in [2.05, 4.69) is 31.4 Å². The van der Waals surface area contributed by atoms with Gasteiger partial charge in [0.2, 0.25) is 0 Å². The molecule has 26 heavy (non-hydrogen) atoms. The minimum atomic E-state index is -0.224. The maximum Gasteiger partial charge on any atom is 0.258 e. The van der Waals surface area contributed by atoms with Gasteiger partial charge in [-0.1, -0.05) is 36.4 Å². The molecule has 0 bridgehead atoms. The van der Waals surface area contributed by atoms with Gasteiger partial charge in [0.15, 0.2) is 18.1 Å². The summed E-state index contributed by atoms with van der Waals surface area (Å²) < 4.78 is 8.34. The van der Waals surface area contributed by atoms with Crippen LogP contribution in [0.5, 0.6) is 5.75 Å². The zero-order valence-corrected chi connectivity index (χ0v) is 15.3. The summed E-state index contributed by atoms with van der Waals surface area (Å²) in [5, 5.41) is 13.1. The molecule has 7 heteroatoms. The van der Waals surface area contributed by atoms with E-state index >= 15 is 0 Å². The van der Waals surface area contributed by atoms with Crippen molar-refractivity contribution < 1.29 is 9.53 Å². The van der Waals surface area contributed by atoms with Crippen molar-refractivity contribution in [3.8, 4) is 5.75 Å². The van der Waals surface area contributed by atoms with Crippen LogP contribution in [0.4, 0.5) is 0 Å². The minimum absolute atomic E-state index is 0.0757. The number of hydrogen-bond acceptors (Lipinski definition) is 4. The number of rotatable bonds is 5. The molecule has 0 saturated heterocycles. The molecule has 4 aromatic rings. The van der Waals surface area contributed by atoms with Crippen LogP contribution in [0.3, 0.4) is 0 Å². The summed E-state index contributed by atoms with van der Waals surface area (Å²) in [6.45, 7) is 0.208. The molecular weight excluding hydrogens is 396 g/mol. The van der Waals surface area contributed by atoms with Gasteiger partial charge in [-0.25, -0.2) is 0 Å². The lowest BCUT2D eigenvalue weighted by molar-refractivity contribution is -0.123. The van der Waals surface area contributed by atoms with Gasteiger partial charge in [0.1, 0.15) is 5.75 Å². The number of nitrogens with zero attached hydrogens (tertiary/aromatic N) is 3. The number of nitrogens with one attached hydrogen (secondary N) is 1. The predicted octanol–water partition coefficient (Wildman–Crippen LogP) is 3.34. The lowest BCUT2D eigenvalue weighted by Crippen LogP contribution is -2.29. The maximum absolute atomic E-state index is 12.1. The van der Waals surface area contributed by atoms with E-state index in [0.717, 1.165) is 20.9 Å². The molecule has 2 aromatic carbocycles. The Kier molecular flexibility index (Phi) is 4.53. The average Bonchev–Trinajstić information content (AvgIpc) is 3.09. The number of halogens is 1. The molecule has 130 valence electrons. The molecule has 0 aliphatic rings. The van der Waals surface area contributed by atoms with Crippen molar-refractivity contribution in [1.29, 1.82) is 0 Å². The van der Waals surface area contributed by atoms with E-state index in [0.29, 0.717) is 11.6 Å². The Morgan fingerprint density at radius 2 is 1.92 bits per heavy atom.